The Morgan fingerprint density at radius 1 is 0.322 bits per heavy atom. The van der Waals surface area contributed by atoms with Gasteiger partial charge in [0.05, 0.1) is 0 Å². The lowest BCUT2D eigenvalue weighted by Crippen LogP contribution is -2.22. The quantitative estimate of drug-likeness (QED) is 0.0343. The first-order valence-corrected chi connectivity index (χ1v) is 25.7. The molecule has 0 bridgehead atoms. The summed E-state index contributed by atoms with van der Waals surface area (Å²) in [6, 6.07) is 0. The lowest BCUT2D eigenvalue weighted by Gasteiger charge is -2.19. The molecule has 0 amide bonds. The van der Waals surface area contributed by atoms with Gasteiger partial charge in [0.15, 0.2) is 25.2 Å². The van der Waals surface area contributed by atoms with Crippen molar-refractivity contribution < 1.29 is 33.2 Å². The summed E-state index contributed by atoms with van der Waals surface area (Å²) in [6.45, 7) is 12.4. The van der Waals surface area contributed by atoms with Crippen molar-refractivity contribution in [2.75, 3.05) is 40.6 Å². The van der Waals surface area contributed by atoms with E-state index in [1.165, 1.54) is 167 Å². The van der Waals surface area contributed by atoms with E-state index >= 15 is 0 Å². The molecule has 0 rings (SSSR count). The van der Waals surface area contributed by atoms with E-state index in [9.17, 15) is 0 Å². The number of ether oxygens (including phenoxy) is 7. The van der Waals surface area contributed by atoms with Crippen LogP contribution in [0, 0.1) is 0 Å². The molecule has 0 N–H and O–H groups in total. The monoisotopic (exact) mass is 839 g/mol. The molecule has 2 unspecified atom stereocenters. The second-order valence-corrected chi connectivity index (χ2v) is 16.9. The largest absolute Gasteiger partial charge is 0.353 e. The van der Waals surface area contributed by atoms with E-state index in [-0.39, 0.29) is 12.6 Å². The summed E-state index contributed by atoms with van der Waals surface area (Å²) >= 11 is 0. The van der Waals surface area contributed by atoms with E-state index in [0.717, 1.165) is 77.8 Å². The highest BCUT2D eigenvalue weighted by Gasteiger charge is 2.12. The summed E-state index contributed by atoms with van der Waals surface area (Å²) in [5.74, 6) is 0. The van der Waals surface area contributed by atoms with Crippen molar-refractivity contribution in [3.63, 3.8) is 0 Å². The lowest BCUT2D eigenvalue weighted by molar-refractivity contribution is -0.188. The number of hydrogen-bond donors (Lipinski definition) is 0. The molecule has 0 aliphatic carbocycles. The van der Waals surface area contributed by atoms with Crippen molar-refractivity contribution in [3.8, 4) is 0 Å². The molecule has 352 valence electrons. The van der Waals surface area contributed by atoms with Gasteiger partial charge < -0.3 is 33.2 Å². The molecule has 0 heterocycles. The minimum Gasteiger partial charge on any atom is -0.353 e. The topological polar surface area (TPSA) is 64.6 Å². The Balaban J connectivity index is 4.05. The number of hydrogen-bond acceptors (Lipinski definition) is 7. The van der Waals surface area contributed by atoms with E-state index in [0.29, 0.717) is 0 Å². The molecular formula is C52H102O7. The van der Waals surface area contributed by atoms with Gasteiger partial charge in [0.1, 0.15) is 0 Å². The predicted octanol–water partition coefficient (Wildman–Crippen LogP) is 16.1. The minimum absolute atomic E-state index is 0.0123. The highest BCUT2D eigenvalue weighted by atomic mass is 16.8. The molecule has 0 aromatic carbocycles. The summed E-state index contributed by atoms with van der Waals surface area (Å²) in [5.41, 5.74) is 0. The maximum absolute atomic E-state index is 6.14. The van der Waals surface area contributed by atoms with Gasteiger partial charge in [0.25, 0.3) is 0 Å². The molecule has 0 aliphatic rings. The molecule has 0 saturated heterocycles. The fourth-order valence-corrected chi connectivity index (χ4v) is 7.22. The van der Waals surface area contributed by atoms with Crippen molar-refractivity contribution in [3.05, 3.63) is 24.3 Å². The van der Waals surface area contributed by atoms with Crippen LogP contribution >= 0.6 is 0 Å². The molecule has 0 aromatic rings. The zero-order valence-corrected chi connectivity index (χ0v) is 40.3. The van der Waals surface area contributed by atoms with Gasteiger partial charge in [-0.15, -0.1) is 0 Å². The molecule has 0 saturated carbocycles. The van der Waals surface area contributed by atoms with Crippen LogP contribution in [0.25, 0.3) is 0 Å². The second-order valence-electron chi connectivity index (χ2n) is 16.9. The maximum atomic E-state index is 6.14. The number of rotatable bonds is 50. The van der Waals surface area contributed by atoms with Crippen molar-refractivity contribution in [1.29, 1.82) is 0 Å². The van der Waals surface area contributed by atoms with Gasteiger partial charge >= 0.3 is 0 Å². The van der Waals surface area contributed by atoms with E-state index < -0.39 is 12.6 Å². The second kappa shape index (κ2) is 49.9. The predicted molar refractivity (Wildman–Crippen MR) is 252 cm³/mol. The van der Waals surface area contributed by atoms with Crippen LogP contribution in [-0.4, -0.2) is 65.8 Å². The van der Waals surface area contributed by atoms with Gasteiger partial charge in [0, 0.05) is 40.6 Å². The van der Waals surface area contributed by atoms with Crippen molar-refractivity contribution >= 4 is 0 Å². The minimum atomic E-state index is -0.404. The third-order valence-corrected chi connectivity index (χ3v) is 11.1. The number of allylic oxidation sites excluding steroid dienone is 2. The SMILES string of the molecule is CCCCCCOC(CCCCCCCCCC=CC(OC)OC(C=CCCCCCCCCCC(OCCCCCC)OCCCCCC)OC)OCCCCCC. The van der Waals surface area contributed by atoms with Crippen molar-refractivity contribution in [2.45, 2.75) is 271 Å². The van der Waals surface area contributed by atoms with Crippen LogP contribution < -0.4 is 0 Å². The van der Waals surface area contributed by atoms with E-state index in [2.05, 4.69) is 39.8 Å². The zero-order valence-electron chi connectivity index (χ0n) is 40.3. The van der Waals surface area contributed by atoms with Crippen LogP contribution in [0.4, 0.5) is 0 Å². The van der Waals surface area contributed by atoms with Crippen molar-refractivity contribution in [1.82, 2.24) is 0 Å². The third-order valence-electron chi connectivity index (χ3n) is 11.1. The molecule has 2 atom stereocenters. The summed E-state index contributed by atoms with van der Waals surface area (Å²) in [6.07, 6.45) is 49.3. The van der Waals surface area contributed by atoms with E-state index in [1.54, 1.807) is 14.2 Å². The standard InChI is InChI=1S/C52H102O7/c1-7-11-15-37-45-55-51(56-46-38-16-12-8-2)43-35-31-27-23-19-21-25-29-33-41-49(53-5)59-50(54-6)42-34-30-26-22-20-24-28-32-36-44-52(57-47-39-17-13-9-3)58-48-40-18-14-10-4/h33-34,41-42,49-52H,7-32,35-40,43-48H2,1-6H3. The Kier molecular flexibility index (Phi) is 49.2. The van der Waals surface area contributed by atoms with Crippen LogP contribution in [0.5, 0.6) is 0 Å². The first-order valence-electron chi connectivity index (χ1n) is 25.7. The Bertz CT molecular complexity index is 742. The Labute approximate surface area is 368 Å². The molecule has 7 heteroatoms. The van der Waals surface area contributed by atoms with Crippen LogP contribution in [0.2, 0.25) is 0 Å². The van der Waals surface area contributed by atoms with E-state index in [1.807, 2.05) is 12.2 Å². The van der Waals surface area contributed by atoms with Crippen LogP contribution in [0.15, 0.2) is 24.3 Å². The molecule has 0 spiro atoms. The molecule has 59 heavy (non-hydrogen) atoms. The summed E-state index contributed by atoms with van der Waals surface area (Å²) in [4.78, 5) is 0. The molecular weight excluding hydrogens is 737 g/mol. The smallest absolute Gasteiger partial charge is 0.179 e. The first-order chi connectivity index (χ1) is 29.1. The van der Waals surface area contributed by atoms with Gasteiger partial charge in [-0.1, -0.05) is 181 Å². The van der Waals surface area contributed by atoms with Crippen LogP contribution in [0.1, 0.15) is 246 Å². The summed E-state index contributed by atoms with van der Waals surface area (Å²) < 4.78 is 41.8. The van der Waals surface area contributed by atoms with Gasteiger partial charge in [-0.2, -0.15) is 0 Å². The van der Waals surface area contributed by atoms with Crippen LogP contribution in [-0.2, 0) is 33.2 Å². The van der Waals surface area contributed by atoms with Gasteiger partial charge in [-0.25, -0.2) is 0 Å². The third kappa shape index (κ3) is 43.6. The first kappa shape index (κ1) is 58.2. The van der Waals surface area contributed by atoms with E-state index in [4.69, 9.17) is 33.2 Å². The van der Waals surface area contributed by atoms with Crippen LogP contribution in [0.3, 0.4) is 0 Å². The lowest BCUT2D eigenvalue weighted by atomic mass is 10.1. The molecule has 0 aliphatic heterocycles. The Morgan fingerprint density at radius 3 is 0.881 bits per heavy atom. The molecule has 0 radical (unpaired) electrons. The summed E-state index contributed by atoms with van der Waals surface area (Å²) in [7, 11) is 3.39. The highest BCUT2D eigenvalue weighted by Crippen LogP contribution is 2.17. The summed E-state index contributed by atoms with van der Waals surface area (Å²) in [5, 5.41) is 0. The average Bonchev–Trinajstić information content (AvgIpc) is 3.25. The average molecular weight is 839 g/mol. The fraction of sp³-hybridized carbons (Fsp3) is 0.923. The highest BCUT2D eigenvalue weighted by molar-refractivity contribution is 4.89. The van der Waals surface area contributed by atoms with Gasteiger partial charge in [-0.05, 0) is 89.2 Å². The normalized spacial score (nSPS) is 13.3. The van der Waals surface area contributed by atoms with Gasteiger partial charge in [-0.3, -0.25) is 0 Å². The zero-order chi connectivity index (χ0) is 43.0. The molecule has 7 nitrogen and oxygen atoms in total. The Morgan fingerprint density at radius 2 is 0.593 bits per heavy atom. The fourth-order valence-electron chi connectivity index (χ4n) is 7.22. The van der Waals surface area contributed by atoms with Gasteiger partial charge in [0.2, 0.25) is 0 Å². The molecule has 0 fully saturated rings. The number of unbranched alkanes of at least 4 members (excludes halogenated alkanes) is 26. The maximum Gasteiger partial charge on any atom is 0.179 e. The van der Waals surface area contributed by atoms with Crippen molar-refractivity contribution in [2.24, 2.45) is 0 Å². The Hall–Kier alpha value is -0.800. The number of methoxy groups -OCH3 is 2. The molecule has 0 aromatic heterocycles.